The maximum absolute atomic E-state index is 6.47. The summed E-state index contributed by atoms with van der Waals surface area (Å²) in [6.07, 6.45) is 0. The van der Waals surface area contributed by atoms with Gasteiger partial charge in [0.25, 0.3) is 0 Å². The summed E-state index contributed by atoms with van der Waals surface area (Å²) in [5.74, 6) is 1.70. The molecule has 0 fully saturated rings. The predicted molar refractivity (Wildman–Crippen MR) is 226 cm³/mol. The molecule has 0 aliphatic rings. The van der Waals surface area contributed by atoms with Crippen LogP contribution < -0.4 is 0 Å². The maximum Gasteiger partial charge on any atom is 0.182 e. The smallest absolute Gasteiger partial charge is 0.182 e. The summed E-state index contributed by atoms with van der Waals surface area (Å²) in [5, 5.41) is 4.48. The number of fused-ring (bicyclic) bond motifs is 6. The molecule has 0 aliphatic heterocycles. The van der Waals surface area contributed by atoms with E-state index in [-0.39, 0.29) is 0 Å². The van der Waals surface area contributed by atoms with Crippen LogP contribution in [0, 0.1) is 0 Å². The molecule has 11 aromatic rings. The summed E-state index contributed by atoms with van der Waals surface area (Å²) in [5.41, 5.74) is 11.7. The Hall–Kier alpha value is -7.70. The van der Waals surface area contributed by atoms with Gasteiger partial charge in [0.15, 0.2) is 17.5 Å². The van der Waals surface area contributed by atoms with Gasteiger partial charge in [-0.3, -0.25) is 0 Å². The van der Waals surface area contributed by atoms with E-state index in [1.807, 2.05) is 91.0 Å². The molecule has 0 saturated heterocycles. The summed E-state index contributed by atoms with van der Waals surface area (Å²) in [7, 11) is 0. The van der Waals surface area contributed by atoms with E-state index in [1.54, 1.807) is 0 Å². The fourth-order valence-corrected chi connectivity index (χ4v) is 7.86. The van der Waals surface area contributed by atoms with Crippen molar-refractivity contribution in [2.45, 2.75) is 0 Å². The average Bonchev–Trinajstić information content (AvgIpc) is 3.82. The molecule has 0 amide bonds. The van der Waals surface area contributed by atoms with E-state index in [4.69, 9.17) is 24.4 Å². The molecule has 6 heteroatoms. The molecule has 0 aliphatic carbocycles. The lowest BCUT2D eigenvalue weighted by Crippen LogP contribution is -2.01. The molecule has 4 heterocycles. The first-order valence-corrected chi connectivity index (χ1v) is 18.6. The van der Waals surface area contributed by atoms with Gasteiger partial charge in [0, 0.05) is 43.9 Å². The SMILES string of the molecule is c1ccc(-c2nc(-c3ccccc3)nc(-c3cccc(-c4cccc5oc6ccc(-c7ccc8c(c7)c7ccccc7n8-c7ccccc7)cc6c45)n3)n2)cc1. The highest BCUT2D eigenvalue weighted by Gasteiger charge is 2.18. The predicted octanol–water partition coefficient (Wildman–Crippen LogP) is 12.6. The van der Waals surface area contributed by atoms with Gasteiger partial charge >= 0.3 is 0 Å². The van der Waals surface area contributed by atoms with E-state index < -0.39 is 0 Å². The lowest BCUT2D eigenvalue weighted by atomic mass is 9.98. The number of benzene rings is 7. The monoisotopic (exact) mass is 717 g/mol. The van der Waals surface area contributed by atoms with Crippen molar-refractivity contribution >= 4 is 43.7 Å². The Labute approximate surface area is 322 Å². The van der Waals surface area contributed by atoms with Crippen molar-refractivity contribution in [3.8, 4) is 62.4 Å². The van der Waals surface area contributed by atoms with Crippen LogP contribution in [-0.4, -0.2) is 24.5 Å². The van der Waals surface area contributed by atoms with Crippen molar-refractivity contribution in [3.63, 3.8) is 0 Å². The van der Waals surface area contributed by atoms with Crippen molar-refractivity contribution in [1.82, 2.24) is 24.5 Å². The molecule has 7 aromatic carbocycles. The third-order valence-corrected chi connectivity index (χ3v) is 10.5. The van der Waals surface area contributed by atoms with Crippen molar-refractivity contribution in [2.24, 2.45) is 0 Å². The fourth-order valence-electron chi connectivity index (χ4n) is 7.86. The highest BCUT2D eigenvalue weighted by atomic mass is 16.3. The second-order valence-corrected chi connectivity index (χ2v) is 13.9. The number of rotatable bonds is 6. The minimum absolute atomic E-state index is 0.509. The molecule has 11 rings (SSSR count). The largest absolute Gasteiger partial charge is 0.456 e. The van der Waals surface area contributed by atoms with Crippen LogP contribution in [-0.2, 0) is 0 Å². The lowest BCUT2D eigenvalue weighted by molar-refractivity contribution is 0.669. The summed E-state index contributed by atoms with van der Waals surface area (Å²) < 4.78 is 8.81. The number of aromatic nitrogens is 5. The molecular weight excluding hydrogens is 687 g/mol. The van der Waals surface area contributed by atoms with Gasteiger partial charge < -0.3 is 8.98 Å². The van der Waals surface area contributed by atoms with Gasteiger partial charge in [0.05, 0.1) is 16.7 Å². The average molecular weight is 718 g/mol. The number of para-hydroxylation sites is 2. The first kappa shape index (κ1) is 31.8. The minimum atomic E-state index is 0.509. The number of nitrogens with zero attached hydrogens (tertiary/aromatic N) is 5. The molecule has 56 heavy (non-hydrogen) atoms. The fraction of sp³-hybridized carbons (Fsp3) is 0. The van der Waals surface area contributed by atoms with Crippen LogP contribution in [0.1, 0.15) is 0 Å². The van der Waals surface area contributed by atoms with Gasteiger partial charge in [-0.2, -0.15) is 0 Å². The van der Waals surface area contributed by atoms with Crippen LogP contribution >= 0.6 is 0 Å². The van der Waals surface area contributed by atoms with Gasteiger partial charge in [-0.15, -0.1) is 0 Å². The van der Waals surface area contributed by atoms with Crippen LogP contribution in [0.5, 0.6) is 0 Å². The van der Waals surface area contributed by atoms with Crippen LogP contribution in [0.25, 0.3) is 106 Å². The molecular formula is C50H31N5O. The Morgan fingerprint density at radius 2 is 0.946 bits per heavy atom. The zero-order chi connectivity index (χ0) is 37.0. The Bertz CT molecular complexity index is 3190. The zero-order valence-corrected chi connectivity index (χ0v) is 30.0. The summed E-state index contributed by atoms with van der Waals surface area (Å²) in [6, 6.07) is 64.6. The van der Waals surface area contributed by atoms with Crippen molar-refractivity contribution < 1.29 is 4.42 Å². The van der Waals surface area contributed by atoms with Gasteiger partial charge in [0.1, 0.15) is 16.9 Å². The molecule has 4 aromatic heterocycles. The molecule has 0 N–H and O–H groups in total. The van der Waals surface area contributed by atoms with Gasteiger partial charge in [-0.1, -0.05) is 127 Å². The summed E-state index contributed by atoms with van der Waals surface area (Å²) in [4.78, 5) is 19.9. The van der Waals surface area contributed by atoms with Crippen LogP contribution in [0.2, 0.25) is 0 Å². The van der Waals surface area contributed by atoms with Gasteiger partial charge in [-0.05, 0) is 71.8 Å². The van der Waals surface area contributed by atoms with E-state index in [9.17, 15) is 0 Å². The molecule has 0 saturated carbocycles. The van der Waals surface area contributed by atoms with Crippen LogP contribution in [0.3, 0.4) is 0 Å². The topological polar surface area (TPSA) is 69.6 Å². The summed E-state index contributed by atoms with van der Waals surface area (Å²) in [6.45, 7) is 0. The first-order valence-electron chi connectivity index (χ1n) is 18.6. The zero-order valence-electron chi connectivity index (χ0n) is 30.0. The first-order chi connectivity index (χ1) is 27.7. The van der Waals surface area contributed by atoms with Crippen molar-refractivity contribution in [3.05, 3.63) is 188 Å². The second-order valence-electron chi connectivity index (χ2n) is 13.9. The Kier molecular flexibility index (Phi) is 7.38. The Morgan fingerprint density at radius 3 is 1.70 bits per heavy atom. The third-order valence-electron chi connectivity index (χ3n) is 10.5. The van der Waals surface area contributed by atoms with E-state index >= 15 is 0 Å². The van der Waals surface area contributed by atoms with Gasteiger partial charge in [0.2, 0.25) is 0 Å². The van der Waals surface area contributed by atoms with E-state index in [0.29, 0.717) is 23.2 Å². The molecule has 0 radical (unpaired) electrons. The second kappa shape index (κ2) is 13.0. The van der Waals surface area contributed by atoms with E-state index in [0.717, 1.165) is 61.1 Å². The molecule has 0 bridgehead atoms. The molecule has 0 atom stereocenters. The summed E-state index contributed by atoms with van der Waals surface area (Å²) >= 11 is 0. The molecule has 6 nitrogen and oxygen atoms in total. The Balaban J connectivity index is 1.04. The van der Waals surface area contributed by atoms with Crippen molar-refractivity contribution in [2.75, 3.05) is 0 Å². The molecule has 0 unspecified atom stereocenters. The minimum Gasteiger partial charge on any atom is -0.456 e. The van der Waals surface area contributed by atoms with E-state index in [2.05, 4.69) is 102 Å². The van der Waals surface area contributed by atoms with Gasteiger partial charge in [-0.25, -0.2) is 19.9 Å². The normalized spacial score (nSPS) is 11.6. The third kappa shape index (κ3) is 5.35. The van der Waals surface area contributed by atoms with Crippen molar-refractivity contribution in [1.29, 1.82) is 0 Å². The molecule has 262 valence electrons. The number of hydrogen-bond acceptors (Lipinski definition) is 5. The number of pyridine rings is 1. The standard InChI is InChI=1S/C50H31N5O/c1-4-14-32(15-5-1)48-52-49(33-16-6-2-7-17-33)54-50(53-48)42-23-13-22-41(51-42)38-21-12-25-46-47(38)40-31-35(27-29-45(40)56-46)34-26-28-44-39(30-34)37-20-10-11-24-43(37)55(44)36-18-8-3-9-19-36/h1-31H. The van der Waals surface area contributed by atoms with Crippen LogP contribution in [0.4, 0.5) is 0 Å². The lowest BCUT2D eigenvalue weighted by Gasteiger charge is -2.09. The van der Waals surface area contributed by atoms with Crippen LogP contribution in [0.15, 0.2) is 192 Å². The maximum atomic E-state index is 6.47. The highest BCUT2D eigenvalue weighted by molar-refractivity contribution is 6.14. The number of hydrogen-bond donors (Lipinski definition) is 0. The van der Waals surface area contributed by atoms with E-state index in [1.165, 1.54) is 21.8 Å². The quantitative estimate of drug-likeness (QED) is 0.171. The molecule has 0 spiro atoms. The Morgan fingerprint density at radius 1 is 0.357 bits per heavy atom. The number of furan rings is 1. The highest BCUT2D eigenvalue weighted by Crippen LogP contribution is 2.40.